The molecule has 0 atom stereocenters. The van der Waals surface area contributed by atoms with E-state index in [-0.39, 0.29) is 24.4 Å². The lowest BCUT2D eigenvalue weighted by Gasteiger charge is -2.08. The number of halogens is 1. The summed E-state index contributed by atoms with van der Waals surface area (Å²) < 4.78 is 18.9. The fourth-order valence-electron chi connectivity index (χ4n) is 2.02. The van der Waals surface area contributed by atoms with Crippen molar-refractivity contribution in [2.24, 2.45) is 0 Å². The lowest BCUT2D eigenvalue weighted by Crippen LogP contribution is -2.03. The predicted molar refractivity (Wildman–Crippen MR) is 61.4 cm³/mol. The van der Waals surface area contributed by atoms with E-state index in [9.17, 15) is 14.0 Å². The number of benzene rings is 1. The van der Waals surface area contributed by atoms with Crippen molar-refractivity contribution < 1.29 is 23.8 Å². The van der Waals surface area contributed by atoms with Crippen LogP contribution in [0, 0.1) is 5.82 Å². The maximum atomic E-state index is 13.6. The Bertz CT molecular complexity index is 496. The maximum absolute atomic E-state index is 13.6. The van der Waals surface area contributed by atoms with Gasteiger partial charge in [-0.3, -0.25) is 9.59 Å². The number of ether oxygens (including phenoxy) is 1. The normalized spacial score (nSPS) is 13.5. The number of fused-ring (bicyclic) bond motifs is 1. The highest BCUT2D eigenvalue weighted by Gasteiger charge is 2.24. The molecule has 0 saturated heterocycles. The summed E-state index contributed by atoms with van der Waals surface area (Å²) in [5.74, 6) is -1.25. The van der Waals surface area contributed by atoms with Gasteiger partial charge in [-0.1, -0.05) is 0 Å². The summed E-state index contributed by atoms with van der Waals surface area (Å²) in [6, 6.07) is 2.84. The monoisotopic (exact) mass is 252 g/mol. The number of aliphatic carboxylic acids is 1. The van der Waals surface area contributed by atoms with Crippen molar-refractivity contribution in [3.8, 4) is 5.75 Å². The van der Waals surface area contributed by atoms with Crippen molar-refractivity contribution in [1.82, 2.24) is 0 Å². The van der Waals surface area contributed by atoms with Gasteiger partial charge < -0.3 is 9.84 Å². The summed E-state index contributed by atoms with van der Waals surface area (Å²) in [4.78, 5) is 21.7. The molecule has 18 heavy (non-hydrogen) atoms. The minimum absolute atomic E-state index is 0.0198. The molecule has 1 aliphatic rings. The fourth-order valence-corrected chi connectivity index (χ4v) is 2.02. The van der Waals surface area contributed by atoms with Crippen LogP contribution in [0.2, 0.25) is 0 Å². The second-order valence-electron chi connectivity index (χ2n) is 4.21. The Labute approximate surface area is 103 Å². The smallest absolute Gasteiger partial charge is 0.303 e. The molecule has 0 spiro atoms. The third kappa shape index (κ3) is 2.67. The van der Waals surface area contributed by atoms with Gasteiger partial charge in [0.2, 0.25) is 0 Å². The summed E-state index contributed by atoms with van der Waals surface area (Å²) in [6.45, 7) is 0.221. The van der Waals surface area contributed by atoms with Crippen LogP contribution >= 0.6 is 0 Å². The Morgan fingerprint density at radius 1 is 1.39 bits per heavy atom. The third-order valence-corrected chi connectivity index (χ3v) is 2.85. The molecule has 0 fully saturated rings. The summed E-state index contributed by atoms with van der Waals surface area (Å²) >= 11 is 0. The molecule has 0 radical (unpaired) electrons. The van der Waals surface area contributed by atoms with Crippen molar-refractivity contribution in [2.75, 3.05) is 6.61 Å². The van der Waals surface area contributed by atoms with E-state index in [4.69, 9.17) is 9.84 Å². The summed E-state index contributed by atoms with van der Waals surface area (Å²) in [5.41, 5.74) is 0.848. The van der Waals surface area contributed by atoms with E-state index in [1.807, 2.05) is 0 Å². The van der Waals surface area contributed by atoms with Gasteiger partial charge in [0.1, 0.15) is 11.6 Å². The molecule has 0 saturated carbocycles. The summed E-state index contributed by atoms with van der Waals surface area (Å²) in [7, 11) is 0. The van der Waals surface area contributed by atoms with Crippen LogP contribution in [-0.4, -0.2) is 23.5 Å². The van der Waals surface area contributed by atoms with E-state index >= 15 is 0 Å². The zero-order chi connectivity index (χ0) is 13.1. The van der Waals surface area contributed by atoms with E-state index in [1.165, 1.54) is 6.07 Å². The molecule has 1 aromatic rings. The molecule has 1 N–H and O–H groups in total. The van der Waals surface area contributed by atoms with Crippen LogP contribution in [0.4, 0.5) is 4.39 Å². The minimum atomic E-state index is -0.885. The van der Waals surface area contributed by atoms with Crippen LogP contribution in [0.25, 0.3) is 0 Å². The average molecular weight is 252 g/mol. The lowest BCUT2D eigenvalue weighted by atomic mass is 10.1. The van der Waals surface area contributed by atoms with Gasteiger partial charge in [-0.25, -0.2) is 4.39 Å². The molecular formula is C13H13FO4. The van der Waals surface area contributed by atoms with Crippen molar-refractivity contribution in [2.45, 2.75) is 25.7 Å². The number of aryl methyl sites for hydroxylation is 1. The SMILES string of the molecule is O=C(O)CCCOc1cc(F)c2c(c1)CCC2=O. The molecule has 0 aliphatic heterocycles. The average Bonchev–Trinajstić information content (AvgIpc) is 2.67. The van der Waals surface area contributed by atoms with Crippen molar-refractivity contribution in [3.05, 3.63) is 29.1 Å². The number of rotatable bonds is 5. The number of hydrogen-bond donors (Lipinski definition) is 1. The third-order valence-electron chi connectivity index (χ3n) is 2.85. The Morgan fingerprint density at radius 2 is 2.17 bits per heavy atom. The van der Waals surface area contributed by atoms with Crippen molar-refractivity contribution >= 4 is 11.8 Å². The van der Waals surface area contributed by atoms with Crippen LogP contribution < -0.4 is 4.74 Å². The van der Waals surface area contributed by atoms with Gasteiger partial charge in [0.15, 0.2) is 5.78 Å². The second kappa shape index (κ2) is 5.16. The van der Waals surface area contributed by atoms with Gasteiger partial charge in [0.25, 0.3) is 0 Å². The molecule has 0 aromatic heterocycles. The number of ketones is 1. The Morgan fingerprint density at radius 3 is 2.89 bits per heavy atom. The molecule has 4 nitrogen and oxygen atoms in total. The maximum Gasteiger partial charge on any atom is 0.303 e. The first kappa shape index (κ1) is 12.5. The van der Waals surface area contributed by atoms with Crippen molar-refractivity contribution in [3.63, 3.8) is 0 Å². The lowest BCUT2D eigenvalue weighted by molar-refractivity contribution is -0.137. The topological polar surface area (TPSA) is 63.6 Å². The van der Waals surface area contributed by atoms with Gasteiger partial charge in [-0.05, 0) is 24.5 Å². The Hall–Kier alpha value is -1.91. The van der Waals surface area contributed by atoms with E-state index in [0.29, 0.717) is 30.6 Å². The number of hydrogen-bond acceptors (Lipinski definition) is 3. The number of Topliss-reactive ketones (excluding diaryl/α,β-unsaturated/α-hetero) is 1. The molecular weight excluding hydrogens is 239 g/mol. The number of carboxylic acids is 1. The largest absolute Gasteiger partial charge is 0.493 e. The predicted octanol–water partition coefficient (Wildman–Crippen LogP) is 2.20. The molecule has 2 rings (SSSR count). The van der Waals surface area contributed by atoms with Crippen LogP contribution in [0.1, 0.15) is 35.2 Å². The summed E-state index contributed by atoms with van der Waals surface area (Å²) in [6.07, 6.45) is 1.27. The minimum Gasteiger partial charge on any atom is -0.493 e. The van der Waals surface area contributed by atoms with Crippen LogP contribution in [0.5, 0.6) is 5.75 Å². The first-order valence-corrected chi connectivity index (χ1v) is 5.78. The van der Waals surface area contributed by atoms with Gasteiger partial charge in [-0.15, -0.1) is 0 Å². The Balaban J connectivity index is 2.01. The highest BCUT2D eigenvalue weighted by atomic mass is 19.1. The van der Waals surface area contributed by atoms with E-state index in [1.54, 1.807) is 6.07 Å². The van der Waals surface area contributed by atoms with E-state index < -0.39 is 11.8 Å². The molecule has 1 aromatic carbocycles. The first-order chi connectivity index (χ1) is 8.58. The second-order valence-corrected chi connectivity index (χ2v) is 4.21. The number of carbonyl (C=O) groups is 2. The van der Waals surface area contributed by atoms with Crippen LogP contribution in [-0.2, 0) is 11.2 Å². The molecule has 1 aliphatic carbocycles. The van der Waals surface area contributed by atoms with Crippen LogP contribution in [0.15, 0.2) is 12.1 Å². The molecule has 5 heteroatoms. The van der Waals surface area contributed by atoms with Gasteiger partial charge in [0, 0.05) is 18.9 Å². The quantitative estimate of drug-likeness (QED) is 0.816. The molecule has 0 unspecified atom stereocenters. The standard InChI is InChI=1S/C13H13FO4/c14-10-7-9(18-5-1-2-12(16)17)6-8-3-4-11(15)13(8)10/h6-7H,1-5H2,(H,16,17). The fraction of sp³-hybridized carbons (Fsp3) is 0.385. The van der Waals surface area contributed by atoms with E-state index in [0.717, 1.165) is 0 Å². The highest BCUT2D eigenvalue weighted by molar-refractivity contribution is 6.00. The highest BCUT2D eigenvalue weighted by Crippen LogP contribution is 2.29. The molecule has 0 bridgehead atoms. The molecule has 0 heterocycles. The Kier molecular flexibility index (Phi) is 3.60. The molecule has 0 amide bonds. The van der Waals surface area contributed by atoms with Crippen molar-refractivity contribution in [1.29, 1.82) is 0 Å². The van der Waals surface area contributed by atoms with Crippen LogP contribution in [0.3, 0.4) is 0 Å². The van der Waals surface area contributed by atoms with Gasteiger partial charge in [0.05, 0.1) is 12.2 Å². The van der Waals surface area contributed by atoms with Gasteiger partial charge in [-0.2, -0.15) is 0 Å². The first-order valence-electron chi connectivity index (χ1n) is 5.78. The zero-order valence-corrected chi connectivity index (χ0v) is 9.74. The number of carboxylic acid groups (broad SMARTS) is 1. The van der Waals surface area contributed by atoms with E-state index in [2.05, 4.69) is 0 Å². The summed E-state index contributed by atoms with van der Waals surface area (Å²) in [5, 5.41) is 8.46. The number of carbonyl (C=O) groups excluding carboxylic acids is 1. The molecule has 96 valence electrons. The zero-order valence-electron chi connectivity index (χ0n) is 9.74. The van der Waals surface area contributed by atoms with Gasteiger partial charge >= 0.3 is 5.97 Å².